The Morgan fingerprint density at radius 2 is 2.08 bits per heavy atom. The quantitative estimate of drug-likeness (QED) is 0.747. The molecule has 24 heavy (non-hydrogen) atoms. The number of imidazole rings is 1. The van der Waals surface area contributed by atoms with Gasteiger partial charge in [0.1, 0.15) is 11.5 Å². The van der Waals surface area contributed by atoms with E-state index in [0.29, 0.717) is 12.2 Å². The van der Waals surface area contributed by atoms with E-state index in [1.807, 2.05) is 47.3 Å². The zero-order valence-electron chi connectivity index (χ0n) is 13.8. The molecule has 0 bridgehead atoms. The number of rotatable bonds is 6. The van der Waals surface area contributed by atoms with Crippen LogP contribution in [0.5, 0.6) is 0 Å². The van der Waals surface area contributed by atoms with Crippen LogP contribution in [0.2, 0.25) is 0 Å². The highest BCUT2D eigenvalue weighted by atomic mass is 32.1. The van der Waals surface area contributed by atoms with Gasteiger partial charge in [-0.15, -0.1) is 11.3 Å². The van der Waals surface area contributed by atoms with Crippen LogP contribution in [0, 0.1) is 6.92 Å². The Morgan fingerprint density at radius 3 is 2.75 bits per heavy atom. The lowest BCUT2D eigenvalue weighted by atomic mass is 10.2. The van der Waals surface area contributed by atoms with Crippen molar-refractivity contribution in [3.63, 3.8) is 0 Å². The molecule has 0 spiro atoms. The summed E-state index contributed by atoms with van der Waals surface area (Å²) < 4.78 is 2.02. The van der Waals surface area contributed by atoms with E-state index in [2.05, 4.69) is 22.2 Å². The van der Waals surface area contributed by atoms with Gasteiger partial charge >= 0.3 is 0 Å². The van der Waals surface area contributed by atoms with Crippen molar-refractivity contribution in [2.24, 2.45) is 0 Å². The summed E-state index contributed by atoms with van der Waals surface area (Å²) in [5.41, 5.74) is 2.62. The highest BCUT2D eigenvalue weighted by molar-refractivity contribution is 7.09. The first kappa shape index (κ1) is 16.4. The van der Waals surface area contributed by atoms with Crippen LogP contribution in [0.1, 0.15) is 40.2 Å². The molecule has 3 aromatic rings. The van der Waals surface area contributed by atoms with E-state index in [4.69, 9.17) is 0 Å². The summed E-state index contributed by atoms with van der Waals surface area (Å²) in [4.78, 5) is 20.7. The van der Waals surface area contributed by atoms with Crippen LogP contribution in [0.3, 0.4) is 0 Å². The van der Waals surface area contributed by atoms with Crippen molar-refractivity contribution in [3.8, 4) is 5.69 Å². The molecule has 5 nitrogen and oxygen atoms in total. The molecule has 124 valence electrons. The van der Waals surface area contributed by atoms with Crippen molar-refractivity contribution < 1.29 is 4.79 Å². The van der Waals surface area contributed by atoms with Crippen molar-refractivity contribution in [2.45, 2.75) is 33.2 Å². The normalized spacial score (nSPS) is 10.8. The van der Waals surface area contributed by atoms with Crippen LogP contribution >= 0.6 is 11.3 Å². The molecular formula is C18H20N4OS. The highest BCUT2D eigenvalue weighted by Crippen LogP contribution is 2.13. The fourth-order valence-electron chi connectivity index (χ4n) is 2.44. The molecule has 6 heteroatoms. The Kier molecular flexibility index (Phi) is 5.05. The molecule has 0 saturated carbocycles. The Labute approximate surface area is 145 Å². The van der Waals surface area contributed by atoms with Crippen LogP contribution in [0.4, 0.5) is 0 Å². The lowest BCUT2D eigenvalue weighted by Crippen LogP contribution is -2.23. The number of hydrogen-bond donors (Lipinski definition) is 1. The van der Waals surface area contributed by atoms with Gasteiger partial charge < -0.3 is 9.88 Å². The number of amides is 1. The molecule has 2 heterocycles. The summed E-state index contributed by atoms with van der Waals surface area (Å²) in [7, 11) is 0. The molecule has 1 amide bonds. The second kappa shape index (κ2) is 7.40. The van der Waals surface area contributed by atoms with Gasteiger partial charge in [0.15, 0.2) is 0 Å². The minimum absolute atomic E-state index is 0.122. The molecule has 0 aliphatic heterocycles. The Balaban J connectivity index is 1.60. The number of carbonyl (C=O) groups is 1. The Morgan fingerprint density at radius 1 is 1.29 bits per heavy atom. The first-order chi connectivity index (χ1) is 11.7. The van der Waals surface area contributed by atoms with Gasteiger partial charge in [0.05, 0.1) is 5.01 Å². The summed E-state index contributed by atoms with van der Waals surface area (Å²) in [6.45, 7) is 4.56. The van der Waals surface area contributed by atoms with Gasteiger partial charge in [-0.1, -0.05) is 19.1 Å². The highest BCUT2D eigenvalue weighted by Gasteiger charge is 2.10. The molecule has 0 saturated heterocycles. The van der Waals surface area contributed by atoms with E-state index in [9.17, 15) is 4.79 Å². The maximum Gasteiger partial charge on any atom is 0.271 e. The Hall–Kier alpha value is -2.47. The van der Waals surface area contributed by atoms with E-state index in [0.717, 1.165) is 34.9 Å². The summed E-state index contributed by atoms with van der Waals surface area (Å²) >= 11 is 1.55. The number of thiazole rings is 1. The predicted molar refractivity (Wildman–Crippen MR) is 95.6 cm³/mol. The number of hydrogen-bond acceptors (Lipinski definition) is 4. The molecule has 0 aliphatic rings. The van der Waals surface area contributed by atoms with E-state index in [-0.39, 0.29) is 5.91 Å². The smallest absolute Gasteiger partial charge is 0.271 e. The maximum atomic E-state index is 12.2. The summed E-state index contributed by atoms with van der Waals surface area (Å²) in [5, 5.41) is 5.76. The standard InChI is InChI=1S/C18H20N4OS/c1-3-4-17-21-16(12-24-17)18(23)20-11-14-5-7-15(8-6-14)22-10-9-19-13(22)2/h5-10,12H,3-4,11H2,1-2H3,(H,20,23). The van der Waals surface area contributed by atoms with Crippen LogP contribution in [0.15, 0.2) is 42.0 Å². The van der Waals surface area contributed by atoms with E-state index in [1.54, 1.807) is 17.5 Å². The number of carbonyl (C=O) groups excluding carboxylic acids is 1. The van der Waals surface area contributed by atoms with Gasteiger partial charge in [0.2, 0.25) is 0 Å². The van der Waals surface area contributed by atoms with Crippen molar-refractivity contribution in [3.05, 3.63) is 64.1 Å². The summed E-state index contributed by atoms with van der Waals surface area (Å²) in [6, 6.07) is 8.08. The van der Waals surface area contributed by atoms with Crippen LogP contribution in [-0.2, 0) is 13.0 Å². The lowest BCUT2D eigenvalue weighted by Gasteiger charge is -2.07. The SMILES string of the molecule is CCCc1nc(C(=O)NCc2ccc(-n3ccnc3C)cc2)cs1. The zero-order valence-corrected chi connectivity index (χ0v) is 14.6. The van der Waals surface area contributed by atoms with E-state index in [1.165, 1.54) is 0 Å². The van der Waals surface area contributed by atoms with Gasteiger partial charge in [-0.25, -0.2) is 9.97 Å². The molecule has 3 rings (SSSR count). The molecule has 0 unspecified atom stereocenters. The van der Waals surface area contributed by atoms with Crippen LogP contribution in [0.25, 0.3) is 5.69 Å². The fourth-order valence-corrected chi connectivity index (χ4v) is 3.32. The first-order valence-electron chi connectivity index (χ1n) is 7.99. The average Bonchev–Trinajstić information content (AvgIpc) is 3.23. The minimum atomic E-state index is -0.122. The molecule has 0 aliphatic carbocycles. The number of aromatic nitrogens is 3. The molecule has 0 fully saturated rings. The van der Waals surface area contributed by atoms with E-state index >= 15 is 0 Å². The molecule has 0 radical (unpaired) electrons. The lowest BCUT2D eigenvalue weighted by molar-refractivity contribution is 0.0946. The van der Waals surface area contributed by atoms with E-state index < -0.39 is 0 Å². The minimum Gasteiger partial charge on any atom is -0.347 e. The first-order valence-corrected chi connectivity index (χ1v) is 8.87. The number of benzene rings is 1. The molecule has 1 N–H and O–H groups in total. The largest absolute Gasteiger partial charge is 0.347 e. The topological polar surface area (TPSA) is 59.8 Å². The third kappa shape index (κ3) is 3.71. The number of nitrogens with one attached hydrogen (secondary N) is 1. The average molecular weight is 340 g/mol. The molecule has 2 aromatic heterocycles. The fraction of sp³-hybridized carbons (Fsp3) is 0.278. The Bertz CT molecular complexity index is 820. The van der Waals surface area contributed by atoms with Gasteiger partial charge in [-0.05, 0) is 37.5 Å². The number of nitrogens with zero attached hydrogens (tertiary/aromatic N) is 3. The third-order valence-corrected chi connectivity index (χ3v) is 4.65. The second-order valence-electron chi connectivity index (χ2n) is 5.57. The van der Waals surface area contributed by atoms with Crippen LogP contribution in [-0.4, -0.2) is 20.4 Å². The van der Waals surface area contributed by atoms with Gasteiger partial charge in [0.25, 0.3) is 5.91 Å². The maximum absolute atomic E-state index is 12.2. The molecular weight excluding hydrogens is 320 g/mol. The second-order valence-corrected chi connectivity index (χ2v) is 6.51. The van der Waals surface area contributed by atoms with Gasteiger partial charge in [-0.2, -0.15) is 0 Å². The monoisotopic (exact) mass is 340 g/mol. The van der Waals surface area contributed by atoms with Gasteiger partial charge in [0, 0.05) is 30.0 Å². The van der Waals surface area contributed by atoms with Crippen molar-refractivity contribution in [2.75, 3.05) is 0 Å². The summed E-state index contributed by atoms with van der Waals surface area (Å²) in [5.74, 6) is 0.825. The zero-order chi connectivity index (χ0) is 16.9. The van der Waals surface area contributed by atoms with Crippen LogP contribution < -0.4 is 5.32 Å². The summed E-state index contributed by atoms with van der Waals surface area (Å²) in [6.07, 6.45) is 5.68. The number of aryl methyl sites for hydroxylation is 2. The van der Waals surface area contributed by atoms with Crippen molar-refractivity contribution in [1.82, 2.24) is 19.9 Å². The third-order valence-electron chi connectivity index (χ3n) is 3.74. The van der Waals surface area contributed by atoms with Gasteiger partial charge in [-0.3, -0.25) is 4.79 Å². The predicted octanol–water partition coefficient (Wildman–Crippen LogP) is 3.52. The van der Waals surface area contributed by atoms with Crippen molar-refractivity contribution in [1.29, 1.82) is 0 Å². The molecule has 0 atom stereocenters. The molecule has 1 aromatic carbocycles. The van der Waals surface area contributed by atoms with Crippen molar-refractivity contribution >= 4 is 17.2 Å².